The molecule has 0 heterocycles. The second-order valence-corrected chi connectivity index (χ2v) is 2.14. The fourth-order valence-electron chi connectivity index (χ4n) is 0. The molecule has 9 heteroatoms. The normalized spacial score (nSPS) is 8.58. The molecule has 7 nitrogen and oxygen atoms in total. The molecule has 0 unspecified atom stereocenters. The summed E-state index contributed by atoms with van der Waals surface area (Å²) in [6.45, 7) is 1.00. The van der Waals surface area contributed by atoms with E-state index in [4.69, 9.17) is 22.6 Å². The van der Waals surface area contributed by atoms with Crippen LogP contribution in [0.25, 0.3) is 0 Å². The van der Waals surface area contributed by atoms with Crippen LogP contribution in [0.2, 0.25) is 0 Å². The molecule has 0 radical (unpaired) electrons. The number of carbonyl (C=O) groups excluding carboxylic acids is 1. The van der Waals surface area contributed by atoms with E-state index in [1.807, 2.05) is 0 Å². The zero-order valence-corrected chi connectivity index (χ0v) is 9.16. The van der Waals surface area contributed by atoms with Crippen molar-refractivity contribution < 1.29 is 61.8 Å². The van der Waals surface area contributed by atoms with Crippen molar-refractivity contribution >= 4 is 22.2 Å². The van der Waals surface area contributed by atoms with Crippen LogP contribution < -0.4 is 29.6 Å². The first-order valence-electron chi connectivity index (χ1n) is 2.06. The molecule has 0 spiro atoms. The summed E-state index contributed by atoms with van der Waals surface area (Å²) in [6, 6.07) is 0. The molecular formula is C3H5NaO7S. The van der Waals surface area contributed by atoms with Gasteiger partial charge in [-0.2, -0.15) is 0 Å². The third-order valence-corrected chi connectivity index (χ3v) is 0.301. The van der Waals surface area contributed by atoms with Crippen LogP contribution in [0.15, 0.2) is 0 Å². The summed E-state index contributed by atoms with van der Waals surface area (Å²) >= 11 is 0. The maximum atomic E-state index is 9.54. The van der Waals surface area contributed by atoms with Gasteiger partial charge in [0, 0.05) is 6.92 Å². The smallest absolute Gasteiger partial charge is 0.726 e. The molecule has 0 aromatic rings. The molecular weight excluding hydrogens is 203 g/mol. The first kappa shape index (κ1) is 17.9. The minimum Gasteiger partial charge on any atom is -0.726 e. The Morgan fingerprint density at radius 1 is 1.33 bits per heavy atom. The average Bonchev–Trinajstić information content (AvgIpc) is 1.59. The van der Waals surface area contributed by atoms with Gasteiger partial charge < -0.3 is 9.66 Å². The van der Waals surface area contributed by atoms with Gasteiger partial charge in [-0.05, 0) is 0 Å². The van der Waals surface area contributed by atoms with Crippen molar-refractivity contribution in [3.63, 3.8) is 0 Å². The third-order valence-electron chi connectivity index (χ3n) is 0.301. The van der Waals surface area contributed by atoms with Crippen molar-refractivity contribution in [2.75, 3.05) is 0 Å². The van der Waals surface area contributed by atoms with Gasteiger partial charge in [-0.15, -0.1) is 0 Å². The van der Waals surface area contributed by atoms with Crippen LogP contribution in [-0.4, -0.2) is 34.4 Å². The summed E-state index contributed by atoms with van der Waals surface area (Å²) in [4.78, 5) is 18.9. The zero-order chi connectivity index (χ0) is 9.65. The number of carboxylic acids is 1. The summed E-state index contributed by atoms with van der Waals surface area (Å²) in [5, 5.41) is 7.64. The maximum absolute atomic E-state index is 9.54. The van der Waals surface area contributed by atoms with Gasteiger partial charge in [-0.3, -0.25) is 9.35 Å². The number of rotatable bonds is 1. The Morgan fingerprint density at radius 3 is 1.42 bits per heavy atom. The van der Waals surface area contributed by atoms with Crippen molar-refractivity contribution in [3.8, 4) is 0 Å². The number of Topliss-reactive ketones (excluding diaryl/α,β-unsaturated/α-hetero) is 1. The van der Waals surface area contributed by atoms with E-state index in [-0.39, 0.29) is 29.6 Å². The molecule has 0 amide bonds. The van der Waals surface area contributed by atoms with Gasteiger partial charge in [0.05, 0.1) is 0 Å². The maximum Gasteiger partial charge on any atom is 1.00 e. The van der Waals surface area contributed by atoms with Gasteiger partial charge in [0.15, 0.2) is 0 Å². The van der Waals surface area contributed by atoms with Gasteiger partial charge in [-0.25, -0.2) is 13.2 Å². The predicted molar refractivity (Wildman–Crippen MR) is 30.6 cm³/mol. The number of aliphatic carboxylic acids is 1. The van der Waals surface area contributed by atoms with E-state index < -0.39 is 22.2 Å². The number of hydrogen-bond donors (Lipinski definition) is 2. The number of hydrogen-bond acceptors (Lipinski definition) is 5. The second-order valence-electron chi connectivity index (χ2n) is 1.29. The van der Waals surface area contributed by atoms with Crippen LogP contribution in [0.4, 0.5) is 0 Å². The summed E-state index contributed by atoms with van der Waals surface area (Å²) < 4.78 is 32.8. The summed E-state index contributed by atoms with van der Waals surface area (Å²) in [5.74, 6) is -2.20. The topological polar surface area (TPSA) is 132 Å². The molecule has 12 heavy (non-hydrogen) atoms. The van der Waals surface area contributed by atoms with E-state index in [9.17, 15) is 9.59 Å². The Balaban J connectivity index is -0.000000126. The Morgan fingerprint density at radius 2 is 1.42 bits per heavy atom. The number of carbonyl (C=O) groups is 2. The fourth-order valence-corrected chi connectivity index (χ4v) is 0. The van der Waals surface area contributed by atoms with Crippen molar-refractivity contribution in [2.24, 2.45) is 0 Å². The molecule has 0 atom stereocenters. The first-order valence-corrected chi connectivity index (χ1v) is 3.43. The molecule has 0 aliphatic heterocycles. The molecule has 0 fully saturated rings. The van der Waals surface area contributed by atoms with Crippen LogP contribution in [0, 0.1) is 0 Å². The third kappa shape index (κ3) is 50.5. The van der Waals surface area contributed by atoms with Gasteiger partial charge in [0.1, 0.15) is 0 Å². The van der Waals surface area contributed by atoms with E-state index >= 15 is 0 Å². The zero-order valence-electron chi connectivity index (χ0n) is 6.34. The minimum atomic E-state index is -4.92. The van der Waals surface area contributed by atoms with Gasteiger partial charge in [0.25, 0.3) is 0 Å². The minimum absolute atomic E-state index is 0. The molecule has 0 bridgehead atoms. The van der Waals surface area contributed by atoms with Crippen LogP contribution in [-0.2, 0) is 20.0 Å². The Hall–Kier alpha value is 0.01000. The largest absolute Gasteiger partial charge is 1.00 e. The monoisotopic (exact) mass is 208 g/mol. The predicted octanol–water partition coefficient (Wildman–Crippen LogP) is -4.33. The van der Waals surface area contributed by atoms with Crippen molar-refractivity contribution in [1.82, 2.24) is 0 Å². The molecule has 0 aliphatic carbocycles. The van der Waals surface area contributed by atoms with Gasteiger partial charge >= 0.3 is 35.5 Å². The van der Waals surface area contributed by atoms with Crippen LogP contribution in [0.5, 0.6) is 0 Å². The molecule has 2 N–H and O–H groups in total. The van der Waals surface area contributed by atoms with E-state index in [0.717, 1.165) is 6.92 Å². The van der Waals surface area contributed by atoms with Gasteiger partial charge in [-0.1, -0.05) is 0 Å². The fraction of sp³-hybridized carbons (Fsp3) is 0.333. The van der Waals surface area contributed by atoms with E-state index in [2.05, 4.69) is 0 Å². The molecule has 0 saturated heterocycles. The van der Waals surface area contributed by atoms with Crippen molar-refractivity contribution in [3.05, 3.63) is 0 Å². The van der Waals surface area contributed by atoms with Crippen LogP contribution >= 0.6 is 0 Å². The number of ketones is 1. The molecule has 0 rings (SSSR count). The first-order chi connectivity index (χ1) is 4.64. The Bertz CT molecular complexity index is 221. The van der Waals surface area contributed by atoms with E-state index in [0.29, 0.717) is 0 Å². The average molecular weight is 208 g/mol. The number of carboxylic acid groups (broad SMARTS) is 1. The standard InChI is InChI=1S/C3H4O3.Na.H2O4S/c1-2(4)3(5)6;;1-5(2,3)4/h1H3,(H,5,6);;(H2,1,2,3,4)/q;+1;/p-1. The molecule has 66 valence electrons. The summed E-state index contributed by atoms with van der Waals surface area (Å²) in [7, 11) is -4.92. The summed E-state index contributed by atoms with van der Waals surface area (Å²) in [6.07, 6.45) is 0. The summed E-state index contributed by atoms with van der Waals surface area (Å²) in [5.41, 5.74) is 0. The van der Waals surface area contributed by atoms with Gasteiger partial charge in [0.2, 0.25) is 16.2 Å². The molecule has 0 saturated carbocycles. The molecule has 0 aliphatic rings. The Labute approximate surface area is 90.6 Å². The van der Waals surface area contributed by atoms with Crippen LogP contribution in [0.3, 0.4) is 0 Å². The molecule has 0 aromatic heterocycles. The SMILES string of the molecule is CC(=O)C(=O)O.O=S(=O)([O-])O.[Na+]. The second kappa shape index (κ2) is 7.65. The van der Waals surface area contributed by atoms with E-state index in [1.165, 1.54) is 0 Å². The quantitative estimate of drug-likeness (QED) is 0.192. The van der Waals surface area contributed by atoms with Crippen molar-refractivity contribution in [2.45, 2.75) is 6.92 Å². The van der Waals surface area contributed by atoms with Crippen LogP contribution in [0.1, 0.15) is 6.92 Å². The molecule has 0 aromatic carbocycles. The van der Waals surface area contributed by atoms with Crippen molar-refractivity contribution in [1.29, 1.82) is 0 Å². The van der Waals surface area contributed by atoms with E-state index in [1.54, 1.807) is 0 Å². The Kier molecular flexibility index (Phi) is 11.4.